The van der Waals surface area contributed by atoms with Gasteiger partial charge in [-0.3, -0.25) is 4.90 Å². The van der Waals surface area contributed by atoms with Crippen LogP contribution in [0.2, 0.25) is 0 Å². The molecule has 0 aromatic carbocycles. The molecule has 1 rings (SSSR count). The van der Waals surface area contributed by atoms with E-state index >= 15 is 0 Å². The monoisotopic (exact) mass is 226 g/mol. The largest absolute Gasteiger partial charge is 0.329 e. The average Bonchev–Trinajstić information content (AvgIpc) is 3.11. The molecule has 96 valence electrons. The third kappa shape index (κ3) is 4.42. The lowest BCUT2D eigenvalue weighted by molar-refractivity contribution is 0.160. The Morgan fingerprint density at radius 2 is 1.94 bits per heavy atom. The predicted molar refractivity (Wildman–Crippen MR) is 71.6 cm³/mol. The highest BCUT2D eigenvalue weighted by atomic mass is 15.2. The highest BCUT2D eigenvalue weighted by molar-refractivity contribution is 4.87. The number of unbranched alkanes of at least 4 members (excludes halogenated alkanes) is 3. The van der Waals surface area contributed by atoms with E-state index in [1.54, 1.807) is 0 Å². The number of rotatable bonds is 9. The summed E-state index contributed by atoms with van der Waals surface area (Å²) in [6, 6.07) is 1.34. The number of nitrogens with two attached hydrogens (primary N) is 1. The van der Waals surface area contributed by atoms with Gasteiger partial charge >= 0.3 is 0 Å². The van der Waals surface area contributed by atoms with Gasteiger partial charge in [0, 0.05) is 18.6 Å². The smallest absolute Gasteiger partial charge is 0.0218 e. The van der Waals surface area contributed by atoms with E-state index in [9.17, 15) is 0 Å². The molecular formula is C14H30N2. The maximum absolute atomic E-state index is 5.91. The highest BCUT2D eigenvalue weighted by Gasteiger charge is 2.32. The molecule has 0 radical (unpaired) electrons. The van der Waals surface area contributed by atoms with E-state index < -0.39 is 0 Å². The second-order valence-corrected chi connectivity index (χ2v) is 5.48. The van der Waals surface area contributed by atoms with Crippen molar-refractivity contribution in [2.24, 2.45) is 11.7 Å². The number of hydrogen-bond acceptors (Lipinski definition) is 2. The molecule has 0 aromatic heterocycles. The van der Waals surface area contributed by atoms with Gasteiger partial charge in [0.1, 0.15) is 0 Å². The highest BCUT2D eigenvalue weighted by Crippen LogP contribution is 2.35. The zero-order valence-electron chi connectivity index (χ0n) is 11.4. The second-order valence-electron chi connectivity index (χ2n) is 5.48. The van der Waals surface area contributed by atoms with Crippen LogP contribution in [-0.2, 0) is 0 Å². The van der Waals surface area contributed by atoms with Crippen molar-refractivity contribution in [3.05, 3.63) is 0 Å². The lowest BCUT2D eigenvalue weighted by atomic mass is 10.0. The van der Waals surface area contributed by atoms with Gasteiger partial charge < -0.3 is 5.73 Å². The van der Waals surface area contributed by atoms with Gasteiger partial charge in [-0.25, -0.2) is 0 Å². The number of hydrogen-bond donors (Lipinski definition) is 1. The minimum absolute atomic E-state index is 0.604. The molecule has 0 heterocycles. The Bertz CT molecular complexity index is 178. The molecule has 2 N–H and O–H groups in total. The van der Waals surface area contributed by atoms with Gasteiger partial charge in [-0.15, -0.1) is 0 Å². The van der Waals surface area contributed by atoms with Crippen LogP contribution in [0.4, 0.5) is 0 Å². The molecule has 0 spiro atoms. The van der Waals surface area contributed by atoms with Crippen LogP contribution in [0, 0.1) is 5.92 Å². The molecule has 0 amide bonds. The van der Waals surface area contributed by atoms with Crippen molar-refractivity contribution >= 4 is 0 Å². The maximum atomic E-state index is 5.91. The summed E-state index contributed by atoms with van der Waals surface area (Å²) in [5.41, 5.74) is 5.91. The average molecular weight is 226 g/mol. The lowest BCUT2D eigenvalue weighted by Crippen LogP contribution is -2.44. The second kappa shape index (κ2) is 7.29. The first-order valence-corrected chi connectivity index (χ1v) is 7.12. The molecule has 2 unspecified atom stereocenters. The van der Waals surface area contributed by atoms with Crippen LogP contribution >= 0.6 is 0 Å². The summed E-state index contributed by atoms with van der Waals surface area (Å²) in [7, 11) is 2.26. The first-order valence-electron chi connectivity index (χ1n) is 7.12. The van der Waals surface area contributed by atoms with E-state index in [0.717, 1.165) is 18.5 Å². The minimum Gasteiger partial charge on any atom is -0.329 e. The fourth-order valence-electron chi connectivity index (χ4n) is 2.54. The van der Waals surface area contributed by atoms with Crippen LogP contribution in [0.25, 0.3) is 0 Å². The molecule has 0 saturated heterocycles. The first-order chi connectivity index (χ1) is 7.70. The van der Waals surface area contributed by atoms with Gasteiger partial charge in [0.2, 0.25) is 0 Å². The van der Waals surface area contributed by atoms with E-state index in [-0.39, 0.29) is 0 Å². The van der Waals surface area contributed by atoms with E-state index in [0.29, 0.717) is 6.04 Å². The van der Waals surface area contributed by atoms with Crippen LogP contribution in [0.3, 0.4) is 0 Å². The van der Waals surface area contributed by atoms with Crippen LogP contribution < -0.4 is 5.73 Å². The molecule has 2 nitrogen and oxygen atoms in total. The molecule has 2 heteroatoms. The van der Waals surface area contributed by atoms with Crippen molar-refractivity contribution < 1.29 is 0 Å². The van der Waals surface area contributed by atoms with Gasteiger partial charge in [-0.2, -0.15) is 0 Å². The van der Waals surface area contributed by atoms with Crippen molar-refractivity contribution in [1.82, 2.24) is 4.90 Å². The molecule has 0 aliphatic heterocycles. The summed E-state index contributed by atoms with van der Waals surface area (Å²) in [6.45, 7) is 5.45. The van der Waals surface area contributed by atoms with Crippen molar-refractivity contribution in [3.8, 4) is 0 Å². The van der Waals surface area contributed by atoms with Gasteiger partial charge in [0.05, 0.1) is 0 Å². The fraction of sp³-hybridized carbons (Fsp3) is 1.00. The quantitative estimate of drug-likeness (QED) is 0.612. The lowest BCUT2D eigenvalue weighted by Gasteiger charge is -2.32. The van der Waals surface area contributed by atoms with Gasteiger partial charge in [0.15, 0.2) is 0 Å². The first kappa shape index (κ1) is 14.0. The van der Waals surface area contributed by atoms with Crippen LogP contribution in [0.1, 0.15) is 58.8 Å². The summed E-state index contributed by atoms with van der Waals surface area (Å²) in [5.74, 6) is 0.953. The molecular weight excluding hydrogens is 196 g/mol. The summed E-state index contributed by atoms with van der Waals surface area (Å²) in [4.78, 5) is 2.53. The predicted octanol–water partition coefficient (Wildman–Crippen LogP) is 3.01. The Hall–Kier alpha value is -0.0800. The molecule has 1 saturated carbocycles. The van der Waals surface area contributed by atoms with Gasteiger partial charge in [-0.1, -0.05) is 32.6 Å². The Morgan fingerprint density at radius 1 is 1.25 bits per heavy atom. The van der Waals surface area contributed by atoms with Crippen LogP contribution in [-0.4, -0.2) is 30.6 Å². The Balaban J connectivity index is 2.22. The van der Waals surface area contributed by atoms with Gasteiger partial charge in [0.25, 0.3) is 0 Å². The Labute approximate surface area is 102 Å². The summed E-state index contributed by atoms with van der Waals surface area (Å²) in [6.07, 6.45) is 9.55. The van der Waals surface area contributed by atoms with Crippen molar-refractivity contribution in [2.45, 2.75) is 70.9 Å². The molecule has 1 fully saturated rings. The molecule has 16 heavy (non-hydrogen) atoms. The third-order valence-electron chi connectivity index (χ3n) is 4.19. The SMILES string of the molecule is CCCCCCC(CN)N(C)C(C)C1CC1. The van der Waals surface area contributed by atoms with E-state index in [1.165, 1.54) is 44.9 Å². The normalized spacial score (nSPS) is 20.1. The Morgan fingerprint density at radius 3 is 2.44 bits per heavy atom. The summed E-state index contributed by atoms with van der Waals surface area (Å²) < 4.78 is 0. The number of nitrogens with zero attached hydrogens (tertiary/aromatic N) is 1. The minimum atomic E-state index is 0.604. The van der Waals surface area contributed by atoms with Crippen LogP contribution in [0.15, 0.2) is 0 Å². The number of likely N-dealkylation sites (N-methyl/N-ethyl adjacent to an activating group) is 1. The Kier molecular flexibility index (Phi) is 6.37. The molecule has 0 bridgehead atoms. The standard InChI is InChI=1S/C14H30N2/c1-4-5-6-7-8-14(11-15)16(3)12(2)13-9-10-13/h12-14H,4-11,15H2,1-3H3. The molecule has 1 aliphatic rings. The van der Waals surface area contributed by atoms with E-state index in [2.05, 4.69) is 25.8 Å². The molecule has 1 aliphatic carbocycles. The molecule has 0 aromatic rings. The fourth-order valence-corrected chi connectivity index (χ4v) is 2.54. The zero-order chi connectivity index (χ0) is 12.0. The summed E-state index contributed by atoms with van der Waals surface area (Å²) in [5, 5.41) is 0. The van der Waals surface area contributed by atoms with Crippen molar-refractivity contribution in [3.63, 3.8) is 0 Å². The maximum Gasteiger partial charge on any atom is 0.0218 e. The molecule has 2 atom stereocenters. The van der Waals surface area contributed by atoms with Gasteiger partial charge in [-0.05, 0) is 39.2 Å². The third-order valence-corrected chi connectivity index (χ3v) is 4.19. The van der Waals surface area contributed by atoms with E-state index in [4.69, 9.17) is 5.73 Å². The summed E-state index contributed by atoms with van der Waals surface area (Å²) >= 11 is 0. The zero-order valence-corrected chi connectivity index (χ0v) is 11.4. The topological polar surface area (TPSA) is 29.3 Å². The van der Waals surface area contributed by atoms with Crippen molar-refractivity contribution in [2.75, 3.05) is 13.6 Å². The van der Waals surface area contributed by atoms with Crippen molar-refractivity contribution in [1.29, 1.82) is 0 Å². The van der Waals surface area contributed by atoms with E-state index in [1.807, 2.05) is 0 Å². The van der Waals surface area contributed by atoms with Crippen LogP contribution in [0.5, 0.6) is 0 Å².